The summed E-state index contributed by atoms with van der Waals surface area (Å²) in [6.45, 7) is -0.697. The number of aliphatic hydroxyl groups excluding tert-OH is 1. The Morgan fingerprint density at radius 1 is 1.00 bits per heavy atom. The molecule has 0 radical (unpaired) electrons. The molecular formula is C28H24F2N4O6. The Kier molecular flexibility index (Phi) is 7.18. The van der Waals surface area contributed by atoms with Crippen molar-refractivity contribution in [2.45, 2.75) is 12.8 Å². The van der Waals surface area contributed by atoms with Gasteiger partial charge in [0.1, 0.15) is 23.5 Å². The highest BCUT2D eigenvalue weighted by Crippen LogP contribution is 2.49. The van der Waals surface area contributed by atoms with Crippen LogP contribution in [0, 0.1) is 17.0 Å². The minimum Gasteiger partial charge on any atom is -0.491 e. The number of carbonyl (C=O) groups is 2. The first-order valence-electron chi connectivity index (χ1n) is 12.1. The number of fused-ring (bicyclic) bond motifs is 1. The molecule has 2 amide bonds. The lowest BCUT2D eigenvalue weighted by Gasteiger charge is -2.25. The van der Waals surface area contributed by atoms with Gasteiger partial charge in [0.2, 0.25) is 11.8 Å². The number of rotatable bonds is 9. The highest BCUT2D eigenvalue weighted by atomic mass is 19.1. The van der Waals surface area contributed by atoms with E-state index >= 15 is 4.39 Å². The summed E-state index contributed by atoms with van der Waals surface area (Å²) < 4.78 is 44.6. The third-order valence-electron chi connectivity index (χ3n) is 6.55. The normalized spacial score (nSPS) is 13.4. The second-order valence-corrected chi connectivity index (χ2v) is 9.01. The van der Waals surface area contributed by atoms with Gasteiger partial charge in [0.15, 0.2) is 23.1 Å². The molecule has 1 aliphatic carbocycles. The molecule has 5 rings (SSSR count). The monoisotopic (exact) mass is 550 g/mol. The van der Waals surface area contributed by atoms with Crippen LogP contribution in [0.5, 0.6) is 23.1 Å². The lowest BCUT2D eigenvalue weighted by atomic mass is 10.0. The highest BCUT2D eigenvalue weighted by Gasteiger charge is 2.58. The van der Waals surface area contributed by atoms with Gasteiger partial charge in [-0.05, 0) is 49.2 Å². The predicted octanol–water partition coefficient (Wildman–Crippen LogP) is 4.42. The quantitative estimate of drug-likeness (QED) is 0.232. The standard InChI is InChI=1S/C28H24F2N4O6/c1-38-23-14-20-24(33-25(23)39-2)22(9-12-31-20)40-21-8-5-17(13-19(21)30)32-26(36)28(10-11-28)27(37)34(15-35)18-6-3-16(29)4-7-18/h3-9,12-14,35H,10-11,15H2,1-2H3,(H,32,36). The zero-order chi connectivity index (χ0) is 28.4. The molecule has 10 nitrogen and oxygen atoms in total. The van der Waals surface area contributed by atoms with Crippen LogP contribution < -0.4 is 24.4 Å². The number of amides is 2. The minimum absolute atomic E-state index is 0.107. The van der Waals surface area contributed by atoms with Crippen molar-refractivity contribution < 1.29 is 37.7 Å². The highest BCUT2D eigenvalue weighted by molar-refractivity contribution is 6.17. The van der Waals surface area contributed by atoms with Gasteiger partial charge in [-0.2, -0.15) is 0 Å². The zero-order valence-corrected chi connectivity index (χ0v) is 21.5. The van der Waals surface area contributed by atoms with Gasteiger partial charge in [-0.15, -0.1) is 0 Å². The maximum atomic E-state index is 15.1. The van der Waals surface area contributed by atoms with Crippen molar-refractivity contribution in [2.24, 2.45) is 5.41 Å². The molecule has 2 aromatic heterocycles. The number of carbonyl (C=O) groups excluding carboxylic acids is 2. The van der Waals surface area contributed by atoms with Crippen molar-refractivity contribution in [3.63, 3.8) is 0 Å². The van der Waals surface area contributed by atoms with Gasteiger partial charge in [0, 0.05) is 35.8 Å². The number of nitrogens with zero attached hydrogens (tertiary/aromatic N) is 3. The first kappa shape index (κ1) is 26.8. The molecule has 1 aliphatic rings. The number of hydrogen-bond acceptors (Lipinski definition) is 8. The smallest absolute Gasteiger partial charge is 0.257 e. The lowest BCUT2D eigenvalue weighted by Crippen LogP contribution is -2.43. The molecule has 206 valence electrons. The zero-order valence-electron chi connectivity index (χ0n) is 21.5. The summed E-state index contributed by atoms with van der Waals surface area (Å²) in [5, 5.41) is 12.4. The van der Waals surface area contributed by atoms with Gasteiger partial charge in [-0.25, -0.2) is 13.8 Å². The Morgan fingerprint density at radius 2 is 1.75 bits per heavy atom. The maximum Gasteiger partial charge on any atom is 0.257 e. The van der Waals surface area contributed by atoms with Crippen LogP contribution in [0.4, 0.5) is 20.2 Å². The second-order valence-electron chi connectivity index (χ2n) is 9.01. The lowest BCUT2D eigenvalue weighted by molar-refractivity contribution is -0.133. The van der Waals surface area contributed by atoms with Crippen LogP contribution in [0.1, 0.15) is 12.8 Å². The number of anilines is 2. The van der Waals surface area contributed by atoms with E-state index in [1.54, 1.807) is 6.07 Å². The van der Waals surface area contributed by atoms with Crippen LogP contribution in [0.25, 0.3) is 11.0 Å². The van der Waals surface area contributed by atoms with Gasteiger partial charge < -0.3 is 24.6 Å². The van der Waals surface area contributed by atoms with Crippen LogP contribution >= 0.6 is 0 Å². The van der Waals surface area contributed by atoms with E-state index in [-0.39, 0.29) is 41.6 Å². The summed E-state index contributed by atoms with van der Waals surface area (Å²) >= 11 is 0. The number of halogens is 2. The molecule has 2 aromatic carbocycles. The predicted molar refractivity (Wildman–Crippen MR) is 140 cm³/mol. The fraction of sp³-hybridized carbons (Fsp3) is 0.214. The van der Waals surface area contributed by atoms with Crippen molar-refractivity contribution in [1.82, 2.24) is 9.97 Å². The van der Waals surface area contributed by atoms with Crippen LogP contribution in [0.3, 0.4) is 0 Å². The summed E-state index contributed by atoms with van der Waals surface area (Å²) in [5.41, 5.74) is -0.313. The third-order valence-corrected chi connectivity index (χ3v) is 6.55. The van der Waals surface area contributed by atoms with Gasteiger partial charge >= 0.3 is 0 Å². The molecule has 2 N–H and O–H groups in total. The summed E-state index contributed by atoms with van der Waals surface area (Å²) in [7, 11) is 2.90. The minimum atomic E-state index is -1.43. The van der Waals surface area contributed by atoms with Crippen LogP contribution in [-0.2, 0) is 9.59 Å². The molecule has 0 unspecified atom stereocenters. The van der Waals surface area contributed by atoms with E-state index in [0.717, 1.165) is 23.1 Å². The van der Waals surface area contributed by atoms with Gasteiger partial charge in [-0.3, -0.25) is 19.5 Å². The van der Waals surface area contributed by atoms with Gasteiger partial charge in [0.05, 0.1) is 19.7 Å². The fourth-order valence-corrected chi connectivity index (χ4v) is 4.22. The topological polar surface area (TPSA) is 123 Å². The van der Waals surface area contributed by atoms with E-state index in [1.807, 2.05) is 0 Å². The second kappa shape index (κ2) is 10.7. The Morgan fingerprint density at radius 3 is 2.38 bits per heavy atom. The van der Waals surface area contributed by atoms with E-state index in [1.165, 1.54) is 50.7 Å². The van der Waals surface area contributed by atoms with E-state index in [9.17, 15) is 19.1 Å². The number of ether oxygens (including phenoxy) is 3. The van der Waals surface area contributed by atoms with Crippen LogP contribution in [0.2, 0.25) is 0 Å². The Balaban J connectivity index is 1.33. The first-order valence-corrected chi connectivity index (χ1v) is 12.1. The van der Waals surface area contributed by atoms with Crippen molar-refractivity contribution in [3.8, 4) is 23.1 Å². The van der Waals surface area contributed by atoms with E-state index < -0.39 is 35.6 Å². The Labute approximate surface area is 227 Å². The Bertz CT molecular complexity index is 1590. The van der Waals surface area contributed by atoms with Crippen molar-refractivity contribution >= 4 is 34.2 Å². The number of benzene rings is 2. The number of nitrogens with one attached hydrogen (secondary N) is 1. The molecule has 2 heterocycles. The average molecular weight is 551 g/mol. The molecule has 0 spiro atoms. The largest absolute Gasteiger partial charge is 0.491 e. The molecule has 12 heteroatoms. The summed E-state index contributed by atoms with van der Waals surface area (Å²) in [6.07, 6.45) is 1.97. The SMILES string of the molecule is COc1cc2nccc(Oc3ccc(NC(=O)C4(C(=O)N(CO)c5ccc(F)cc5)CC4)cc3F)c2nc1OC. The van der Waals surface area contributed by atoms with Crippen molar-refractivity contribution in [3.05, 3.63) is 72.4 Å². The molecule has 0 bridgehead atoms. The van der Waals surface area contributed by atoms with Crippen LogP contribution in [-0.4, -0.2) is 47.8 Å². The van der Waals surface area contributed by atoms with E-state index in [2.05, 4.69) is 15.3 Å². The molecule has 1 fully saturated rings. The molecule has 0 saturated heterocycles. The third kappa shape index (κ3) is 4.96. The summed E-state index contributed by atoms with van der Waals surface area (Å²) in [6, 6.07) is 11.9. The molecule has 1 saturated carbocycles. The van der Waals surface area contributed by atoms with Crippen molar-refractivity contribution in [1.29, 1.82) is 0 Å². The first-order chi connectivity index (χ1) is 19.3. The average Bonchev–Trinajstić information content (AvgIpc) is 3.77. The van der Waals surface area contributed by atoms with Crippen molar-refractivity contribution in [2.75, 3.05) is 31.2 Å². The fourth-order valence-electron chi connectivity index (χ4n) is 4.22. The molecule has 40 heavy (non-hydrogen) atoms. The summed E-state index contributed by atoms with van der Waals surface area (Å²) in [5.74, 6) is -1.90. The number of methoxy groups -OCH3 is 2. The van der Waals surface area contributed by atoms with E-state index in [0.29, 0.717) is 16.8 Å². The summed E-state index contributed by atoms with van der Waals surface area (Å²) in [4.78, 5) is 35.9. The molecule has 0 aliphatic heterocycles. The van der Waals surface area contributed by atoms with Crippen LogP contribution in [0.15, 0.2) is 60.8 Å². The van der Waals surface area contributed by atoms with Gasteiger partial charge in [0.25, 0.3) is 5.88 Å². The Hall–Kier alpha value is -4.84. The maximum absolute atomic E-state index is 15.1. The molecule has 4 aromatic rings. The number of pyridine rings is 2. The van der Waals surface area contributed by atoms with E-state index in [4.69, 9.17) is 14.2 Å². The molecule has 0 atom stereocenters. The molecular weight excluding hydrogens is 526 g/mol. The number of hydrogen-bond donors (Lipinski definition) is 2. The van der Waals surface area contributed by atoms with Gasteiger partial charge in [-0.1, -0.05) is 0 Å². The number of aliphatic hydroxyl groups is 1. The number of aromatic nitrogens is 2.